The molecule has 134 valence electrons. The van der Waals surface area contributed by atoms with Crippen molar-refractivity contribution in [2.45, 2.75) is 25.7 Å². The number of nitrogens with two attached hydrogens (primary N) is 1. The zero-order chi connectivity index (χ0) is 18.3. The third kappa shape index (κ3) is 5.82. The highest BCUT2D eigenvalue weighted by Crippen LogP contribution is 2.20. The molecule has 1 aromatic carbocycles. The van der Waals surface area contributed by atoms with Gasteiger partial charge in [0.15, 0.2) is 0 Å². The molecular weight excluding hydrogens is 327 g/mol. The lowest BCUT2D eigenvalue weighted by Crippen LogP contribution is -2.40. The van der Waals surface area contributed by atoms with E-state index < -0.39 is 24.0 Å². The maximum atomic E-state index is 12.5. The highest BCUT2D eigenvalue weighted by Gasteiger charge is 2.41. The fourth-order valence-electron chi connectivity index (χ4n) is 1.96. The number of nitrogens with one attached hydrogen (secondary N) is 1. The third-order valence-corrected chi connectivity index (χ3v) is 3.16. The molecule has 24 heavy (non-hydrogen) atoms. The van der Waals surface area contributed by atoms with Crippen molar-refractivity contribution >= 4 is 17.5 Å². The van der Waals surface area contributed by atoms with Crippen LogP contribution in [0.25, 0.3) is 0 Å². The van der Waals surface area contributed by atoms with Crippen LogP contribution in [0.4, 0.5) is 18.9 Å². The molecule has 0 spiro atoms. The summed E-state index contributed by atoms with van der Waals surface area (Å²) in [5.74, 6) is -2.38. The molecule has 0 aliphatic carbocycles. The molecule has 0 aliphatic heterocycles. The number of hydrogen-bond acceptors (Lipinski definition) is 4. The minimum Gasteiger partial charge on any atom is -0.383 e. The van der Waals surface area contributed by atoms with Gasteiger partial charge in [0, 0.05) is 25.9 Å². The normalized spacial score (nSPS) is 12.6. The van der Waals surface area contributed by atoms with Gasteiger partial charge in [0.25, 0.3) is 0 Å². The Morgan fingerprint density at radius 2 is 2.04 bits per heavy atom. The summed E-state index contributed by atoms with van der Waals surface area (Å²) >= 11 is 0. The van der Waals surface area contributed by atoms with E-state index in [1.54, 1.807) is 18.2 Å². The minimum absolute atomic E-state index is 0.0369. The van der Waals surface area contributed by atoms with Gasteiger partial charge in [0.1, 0.15) is 6.04 Å². The van der Waals surface area contributed by atoms with Crippen molar-refractivity contribution < 1.29 is 27.5 Å². The quantitative estimate of drug-likeness (QED) is 0.783. The Bertz CT molecular complexity index is 579. The summed E-state index contributed by atoms with van der Waals surface area (Å²) in [6.07, 6.45) is -4.92. The number of hydrogen-bond donors (Lipinski definition) is 2. The molecule has 0 radical (unpaired) electrons. The maximum absolute atomic E-state index is 12.5. The summed E-state index contributed by atoms with van der Waals surface area (Å²) < 4.78 is 42.4. The van der Waals surface area contributed by atoms with Crippen molar-refractivity contribution in [1.29, 1.82) is 0 Å². The number of carbonyl (C=O) groups excluding carboxylic acids is 2. The third-order valence-electron chi connectivity index (χ3n) is 3.16. The lowest BCUT2D eigenvalue weighted by molar-refractivity contribution is -0.185. The lowest BCUT2D eigenvalue weighted by Gasteiger charge is -2.22. The Morgan fingerprint density at radius 1 is 1.38 bits per heavy atom. The second-order valence-corrected chi connectivity index (χ2v) is 5.07. The molecule has 9 heteroatoms. The summed E-state index contributed by atoms with van der Waals surface area (Å²) in [4.78, 5) is 23.8. The number of nitrogens with zero attached hydrogens (tertiary/aromatic N) is 1. The molecular formula is C15H20F3N3O3. The van der Waals surface area contributed by atoms with E-state index in [1.807, 2.05) is 0 Å². The topological polar surface area (TPSA) is 84.7 Å². The van der Waals surface area contributed by atoms with Gasteiger partial charge < -0.3 is 20.7 Å². The van der Waals surface area contributed by atoms with E-state index in [4.69, 9.17) is 10.5 Å². The molecule has 3 N–H and O–H groups in total. The van der Waals surface area contributed by atoms with Gasteiger partial charge >= 0.3 is 12.1 Å². The monoisotopic (exact) mass is 347 g/mol. The van der Waals surface area contributed by atoms with Gasteiger partial charge in [-0.15, -0.1) is 0 Å². The molecule has 2 amide bonds. The van der Waals surface area contributed by atoms with Crippen molar-refractivity contribution in [2.24, 2.45) is 5.73 Å². The standard InChI is InChI=1S/C15H20F3N3O3/c1-3-21(14(23)15(16,17)18)8-10-5-4-6-11(7-10)20-13(22)12(19)9-24-2/h4-7,12H,3,8-9,19H2,1-2H3,(H,20,22). The Labute approximate surface area is 137 Å². The first kappa shape index (κ1) is 19.9. The SMILES string of the molecule is CCN(Cc1cccc(NC(=O)C(N)COC)c1)C(=O)C(F)(F)F. The van der Waals surface area contributed by atoms with Crippen LogP contribution < -0.4 is 11.1 Å². The highest BCUT2D eigenvalue weighted by atomic mass is 19.4. The van der Waals surface area contributed by atoms with Crippen LogP contribution in [-0.2, 0) is 20.9 Å². The highest BCUT2D eigenvalue weighted by molar-refractivity contribution is 5.94. The largest absolute Gasteiger partial charge is 0.471 e. The predicted molar refractivity (Wildman–Crippen MR) is 82.1 cm³/mol. The molecule has 0 fully saturated rings. The van der Waals surface area contributed by atoms with Gasteiger partial charge in [-0.25, -0.2) is 0 Å². The van der Waals surface area contributed by atoms with Gasteiger partial charge in [-0.2, -0.15) is 13.2 Å². The van der Waals surface area contributed by atoms with Crippen LogP contribution in [0.15, 0.2) is 24.3 Å². The van der Waals surface area contributed by atoms with E-state index in [0.29, 0.717) is 16.2 Å². The number of halogens is 3. The number of alkyl halides is 3. The van der Waals surface area contributed by atoms with Crippen LogP contribution in [0.3, 0.4) is 0 Å². The molecule has 6 nitrogen and oxygen atoms in total. The van der Waals surface area contributed by atoms with Crippen molar-refractivity contribution in [3.8, 4) is 0 Å². The first-order valence-corrected chi connectivity index (χ1v) is 7.19. The zero-order valence-electron chi connectivity index (χ0n) is 13.4. The van der Waals surface area contributed by atoms with Crippen LogP contribution in [-0.4, -0.2) is 49.2 Å². The first-order chi connectivity index (χ1) is 11.2. The second-order valence-electron chi connectivity index (χ2n) is 5.07. The molecule has 0 bridgehead atoms. The molecule has 1 atom stereocenters. The molecule has 0 saturated heterocycles. The van der Waals surface area contributed by atoms with Gasteiger partial charge in [-0.1, -0.05) is 12.1 Å². The summed E-state index contributed by atoms with van der Waals surface area (Å²) in [7, 11) is 1.41. The fraction of sp³-hybridized carbons (Fsp3) is 0.467. The Kier molecular flexibility index (Phi) is 7.18. The fourth-order valence-corrected chi connectivity index (χ4v) is 1.96. The number of benzene rings is 1. The van der Waals surface area contributed by atoms with E-state index in [2.05, 4.69) is 5.32 Å². The molecule has 1 unspecified atom stereocenters. The lowest BCUT2D eigenvalue weighted by atomic mass is 10.1. The van der Waals surface area contributed by atoms with Crippen molar-refractivity contribution in [2.75, 3.05) is 25.6 Å². The molecule has 0 aromatic heterocycles. The average molecular weight is 347 g/mol. The minimum atomic E-state index is -4.92. The van der Waals surface area contributed by atoms with Crippen molar-refractivity contribution in [3.63, 3.8) is 0 Å². The van der Waals surface area contributed by atoms with Crippen LogP contribution >= 0.6 is 0 Å². The molecule has 0 aliphatic rings. The first-order valence-electron chi connectivity index (χ1n) is 7.19. The van der Waals surface area contributed by atoms with E-state index >= 15 is 0 Å². The van der Waals surface area contributed by atoms with Gasteiger partial charge in [0.05, 0.1) is 6.61 Å². The molecule has 1 aromatic rings. The van der Waals surface area contributed by atoms with Crippen molar-refractivity contribution in [1.82, 2.24) is 4.90 Å². The van der Waals surface area contributed by atoms with Gasteiger partial charge in [0.2, 0.25) is 5.91 Å². The van der Waals surface area contributed by atoms with Crippen LogP contribution in [0.5, 0.6) is 0 Å². The number of anilines is 1. The Morgan fingerprint density at radius 3 is 2.58 bits per heavy atom. The van der Waals surface area contributed by atoms with Crippen molar-refractivity contribution in [3.05, 3.63) is 29.8 Å². The maximum Gasteiger partial charge on any atom is 0.471 e. The molecule has 0 saturated carbocycles. The van der Waals surface area contributed by atoms with E-state index in [9.17, 15) is 22.8 Å². The number of carbonyl (C=O) groups is 2. The molecule has 1 rings (SSSR count). The summed E-state index contributed by atoms with van der Waals surface area (Å²) in [5, 5.41) is 2.55. The van der Waals surface area contributed by atoms with Gasteiger partial charge in [-0.05, 0) is 24.6 Å². The smallest absolute Gasteiger partial charge is 0.383 e. The van der Waals surface area contributed by atoms with Crippen LogP contribution in [0.2, 0.25) is 0 Å². The summed E-state index contributed by atoms with van der Waals surface area (Å²) in [5.41, 5.74) is 6.41. The van der Waals surface area contributed by atoms with Gasteiger partial charge in [-0.3, -0.25) is 9.59 Å². The van der Waals surface area contributed by atoms with E-state index in [0.717, 1.165) is 0 Å². The number of rotatable bonds is 7. The Hall–Kier alpha value is -2.13. The molecule has 0 heterocycles. The number of methoxy groups -OCH3 is 1. The van der Waals surface area contributed by atoms with E-state index in [-0.39, 0.29) is 19.7 Å². The zero-order valence-corrected chi connectivity index (χ0v) is 13.4. The predicted octanol–water partition coefficient (Wildman–Crippen LogP) is 1.51. The van der Waals surface area contributed by atoms with Crippen LogP contribution in [0.1, 0.15) is 12.5 Å². The summed E-state index contributed by atoms with van der Waals surface area (Å²) in [6, 6.07) is 5.33. The number of amides is 2. The second kappa shape index (κ2) is 8.65. The van der Waals surface area contributed by atoms with Crippen LogP contribution in [0, 0.1) is 0 Å². The Balaban J connectivity index is 2.81. The summed E-state index contributed by atoms with van der Waals surface area (Å²) in [6.45, 7) is 1.19. The number of ether oxygens (including phenoxy) is 1. The van der Waals surface area contributed by atoms with E-state index in [1.165, 1.54) is 20.1 Å². The average Bonchev–Trinajstić information content (AvgIpc) is 2.51.